The van der Waals surface area contributed by atoms with Gasteiger partial charge in [-0.2, -0.15) is 38.1 Å². The van der Waals surface area contributed by atoms with E-state index in [1.54, 1.807) is 35.1 Å². The topological polar surface area (TPSA) is 41.6 Å². The molecule has 0 aromatic carbocycles. The number of nitrogens with one attached hydrogen (secondary N) is 1. The number of aromatic nitrogens is 3. The van der Waals surface area contributed by atoms with E-state index < -0.39 is 0 Å². The molecule has 0 bridgehead atoms. The molecule has 0 fully saturated rings. The van der Waals surface area contributed by atoms with E-state index in [1.165, 1.54) is 0 Å². The van der Waals surface area contributed by atoms with Gasteiger partial charge >= 0.3 is 0 Å². The van der Waals surface area contributed by atoms with Crippen molar-refractivity contribution >= 4 is 22.7 Å². The van der Waals surface area contributed by atoms with Crippen molar-refractivity contribution in [1.82, 2.24) is 15.4 Å². The third-order valence-corrected chi connectivity index (χ3v) is 2.44. The highest BCUT2D eigenvalue weighted by molar-refractivity contribution is 7.08. The van der Waals surface area contributed by atoms with Gasteiger partial charge in [-0.1, -0.05) is 24.3 Å². The van der Waals surface area contributed by atoms with Crippen LogP contribution in [0, 0.1) is 0 Å². The number of nitrogens with zero attached hydrogens (tertiary/aromatic N) is 2. The summed E-state index contributed by atoms with van der Waals surface area (Å²) < 4.78 is 0. The zero-order valence-electron chi connectivity index (χ0n) is 7.98. The summed E-state index contributed by atoms with van der Waals surface area (Å²) in [6.07, 6.45) is 3.17. The van der Waals surface area contributed by atoms with Crippen molar-refractivity contribution in [2.24, 2.45) is 0 Å². The number of hydrogen-bond acceptors (Lipinski definition) is 4. The summed E-state index contributed by atoms with van der Waals surface area (Å²) in [6.45, 7) is 0. The maximum Gasteiger partial charge on any atom is 0.0690 e. The second-order valence-electron chi connectivity index (χ2n) is 2.24. The van der Waals surface area contributed by atoms with Gasteiger partial charge in [-0.3, -0.25) is 0 Å². The summed E-state index contributed by atoms with van der Waals surface area (Å²) in [4.78, 5) is 0. The maximum atomic E-state index is 3.49. The molecule has 0 aliphatic heterocycles. The van der Waals surface area contributed by atoms with Crippen molar-refractivity contribution in [2.45, 2.75) is 0 Å². The number of hydrogen-bond donors (Lipinski definition) is 1. The van der Waals surface area contributed by atoms with E-state index in [0.29, 0.717) is 0 Å². The van der Waals surface area contributed by atoms with Crippen LogP contribution in [0.4, 0.5) is 0 Å². The van der Waals surface area contributed by atoms with Crippen molar-refractivity contribution in [3.05, 3.63) is 58.2 Å². The Labute approximate surface area is 96.4 Å². The van der Waals surface area contributed by atoms with Gasteiger partial charge < -0.3 is 0 Å². The summed E-state index contributed by atoms with van der Waals surface area (Å²) in [5.74, 6) is 0. The quantitative estimate of drug-likeness (QED) is 0.651. The molecule has 0 saturated heterocycles. The standard InChI is InChI=1S/2C4H4S.C2H3N3/c3*1-2-4-5-3-1/h2*1-4H;1-2H,(H,3,4,5). The van der Waals surface area contributed by atoms with Crippen LogP contribution in [0.25, 0.3) is 0 Å². The van der Waals surface area contributed by atoms with Crippen molar-refractivity contribution in [3.63, 3.8) is 0 Å². The lowest BCUT2D eigenvalue weighted by Crippen LogP contribution is -1.61. The molecule has 3 aromatic heterocycles. The van der Waals surface area contributed by atoms with E-state index in [1.807, 2.05) is 45.8 Å². The largest absolute Gasteiger partial charge is 0.198 e. The molecule has 15 heavy (non-hydrogen) atoms. The summed E-state index contributed by atoms with van der Waals surface area (Å²) in [6, 6.07) is 8.07. The molecule has 0 unspecified atom stereocenters. The van der Waals surface area contributed by atoms with Crippen LogP contribution >= 0.6 is 22.7 Å². The van der Waals surface area contributed by atoms with Crippen molar-refractivity contribution in [3.8, 4) is 0 Å². The van der Waals surface area contributed by atoms with Gasteiger partial charge in [0.15, 0.2) is 0 Å². The first-order valence-corrected chi connectivity index (χ1v) is 6.13. The summed E-state index contributed by atoms with van der Waals surface area (Å²) in [5, 5.41) is 17.5. The molecule has 0 spiro atoms. The first-order chi connectivity index (χ1) is 7.50. The third-order valence-electron chi connectivity index (χ3n) is 1.18. The summed E-state index contributed by atoms with van der Waals surface area (Å²) in [5.41, 5.74) is 0. The van der Waals surface area contributed by atoms with Gasteiger partial charge in [0, 0.05) is 0 Å². The number of aromatic amines is 1. The molecule has 3 rings (SSSR count). The van der Waals surface area contributed by atoms with Gasteiger partial charge in [-0.05, 0) is 21.5 Å². The van der Waals surface area contributed by atoms with E-state index in [2.05, 4.69) is 15.4 Å². The Balaban J connectivity index is 0.000000112. The van der Waals surface area contributed by atoms with Crippen LogP contribution in [0.1, 0.15) is 0 Å². The minimum Gasteiger partial charge on any atom is -0.198 e. The maximum absolute atomic E-state index is 3.49. The van der Waals surface area contributed by atoms with Crippen LogP contribution in [0.5, 0.6) is 0 Å². The Morgan fingerprint density at radius 2 is 1.07 bits per heavy atom. The van der Waals surface area contributed by atoms with Crippen LogP contribution in [0.3, 0.4) is 0 Å². The number of thiophene rings is 2. The fourth-order valence-electron chi connectivity index (χ4n) is 0.620. The van der Waals surface area contributed by atoms with Crippen LogP contribution in [-0.4, -0.2) is 15.4 Å². The lowest BCUT2D eigenvalue weighted by Gasteiger charge is -1.48. The number of rotatable bonds is 0. The van der Waals surface area contributed by atoms with Gasteiger partial charge in [0.1, 0.15) is 0 Å². The average Bonchev–Trinajstić information content (AvgIpc) is 3.09. The molecule has 0 aliphatic rings. The summed E-state index contributed by atoms with van der Waals surface area (Å²) in [7, 11) is 0. The van der Waals surface area contributed by atoms with E-state index in [9.17, 15) is 0 Å². The zero-order chi connectivity index (χ0) is 10.6. The van der Waals surface area contributed by atoms with Crippen molar-refractivity contribution in [1.29, 1.82) is 0 Å². The summed E-state index contributed by atoms with van der Waals surface area (Å²) >= 11 is 3.43. The van der Waals surface area contributed by atoms with E-state index in [4.69, 9.17) is 0 Å². The van der Waals surface area contributed by atoms with Gasteiger partial charge in [0.2, 0.25) is 0 Å². The Bertz CT molecular complexity index is 251. The van der Waals surface area contributed by atoms with Crippen molar-refractivity contribution in [2.75, 3.05) is 0 Å². The first-order valence-electron chi connectivity index (χ1n) is 4.24. The molecular weight excluding hydrogens is 226 g/mol. The Morgan fingerprint density at radius 3 is 1.20 bits per heavy atom. The molecule has 3 aromatic rings. The SMILES string of the molecule is c1ccsc1.c1ccsc1.c1cn[nH]n1. The van der Waals surface area contributed by atoms with Gasteiger partial charge in [-0.25, -0.2) is 0 Å². The second-order valence-corrected chi connectivity index (χ2v) is 3.88. The molecule has 1 N–H and O–H groups in total. The molecule has 0 aliphatic carbocycles. The zero-order valence-corrected chi connectivity index (χ0v) is 9.62. The molecular formula is C10H11N3S2. The fourth-order valence-corrected chi connectivity index (χ4v) is 1.53. The van der Waals surface area contributed by atoms with Gasteiger partial charge in [0.05, 0.1) is 12.4 Å². The second kappa shape index (κ2) is 9.11. The molecule has 0 amide bonds. The monoisotopic (exact) mass is 237 g/mol. The lowest BCUT2D eigenvalue weighted by molar-refractivity contribution is 0.940. The average molecular weight is 237 g/mol. The minimum absolute atomic E-state index is 1.58. The molecule has 3 nitrogen and oxygen atoms in total. The highest BCUT2D eigenvalue weighted by Gasteiger charge is 1.59. The van der Waals surface area contributed by atoms with Crippen LogP contribution < -0.4 is 0 Å². The minimum atomic E-state index is 1.58. The van der Waals surface area contributed by atoms with Crippen LogP contribution in [0.2, 0.25) is 0 Å². The Morgan fingerprint density at radius 1 is 0.667 bits per heavy atom. The smallest absolute Gasteiger partial charge is 0.0690 e. The number of H-pyrrole nitrogens is 1. The first kappa shape index (κ1) is 11.6. The lowest BCUT2D eigenvalue weighted by atomic mass is 10.7. The molecule has 0 saturated carbocycles. The van der Waals surface area contributed by atoms with E-state index in [-0.39, 0.29) is 0 Å². The Kier molecular flexibility index (Phi) is 7.05. The Hall–Kier alpha value is -1.46. The van der Waals surface area contributed by atoms with E-state index in [0.717, 1.165) is 0 Å². The molecule has 0 radical (unpaired) electrons. The highest BCUT2D eigenvalue weighted by atomic mass is 32.1. The van der Waals surface area contributed by atoms with E-state index >= 15 is 0 Å². The predicted octanol–water partition coefficient (Wildman–Crippen LogP) is 3.30. The van der Waals surface area contributed by atoms with Gasteiger partial charge in [0.25, 0.3) is 0 Å². The predicted molar refractivity (Wildman–Crippen MR) is 65.0 cm³/mol. The van der Waals surface area contributed by atoms with Crippen LogP contribution in [0.15, 0.2) is 58.2 Å². The van der Waals surface area contributed by atoms with Gasteiger partial charge in [-0.15, -0.1) is 0 Å². The third kappa shape index (κ3) is 7.60. The normalized spacial score (nSPS) is 8.00. The molecule has 0 atom stereocenters. The molecule has 5 heteroatoms. The van der Waals surface area contributed by atoms with Crippen LogP contribution in [-0.2, 0) is 0 Å². The molecule has 78 valence electrons. The molecule has 3 heterocycles. The highest BCUT2D eigenvalue weighted by Crippen LogP contribution is 1.92. The van der Waals surface area contributed by atoms with Crippen molar-refractivity contribution < 1.29 is 0 Å². The fraction of sp³-hybridized carbons (Fsp3) is 0.